The van der Waals surface area contributed by atoms with Gasteiger partial charge in [-0.1, -0.05) is 46.3 Å². The molecule has 3 atom stereocenters. The number of hydrogen-bond acceptors (Lipinski definition) is 1. The highest BCUT2D eigenvalue weighted by Crippen LogP contribution is 2.50. The molecule has 106 valence electrons. The normalized spacial score (nSPS) is 26.1. The van der Waals surface area contributed by atoms with Crippen LogP contribution in [0.2, 0.25) is 0 Å². The molecule has 21 heavy (non-hydrogen) atoms. The molecule has 2 aliphatic rings. The van der Waals surface area contributed by atoms with Gasteiger partial charge in [0.25, 0.3) is 0 Å². The summed E-state index contributed by atoms with van der Waals surface area (Å²) in [4.78, 5) is 0. The van der Waals surface area contributed by atoms with E-state index in [1.165, 1.54) is 5.56 Å². The lowest BCUT2D eigenvalue weighted by atomic mass is 9.77. The van der Waals surface area contributed by atoms with Crippen molar-refractivity contribution >= 4 is 21.6 Å². The topological polar surface area (TPSA) is 12.0 Å². The Kier molecular flexibility index (Phi) is 3.11. The minimum absolute atomic E-state index is 0.0277. The molecule has 0 radical (unpaired) electrons. The fourth-order valence-electron chi connectivity index (χ4n) is 3.60. The number of rotatable bonds is 1. The van der Waals surface area contributed by atoms with Gasteiger partial charge in [-0.3, -0.25) is 0 Å². The van der Waals surface area contributed by atoms with Crippen molar-refractivity contribution < 1.29 is 4.39 Å². The van der Waals surface area contributed by atoms with Gasteiger partial charge in [0.2, 0.25) is 0 Å². The molecule has 4 rings (SSSR count). The van der Waals surface area contributed by atoms with Gasteiger partial charge in [0.15, 0.2) is 0 Å². The number of hydrogen-bond donors (Lipinski definition) is 1. The van der Waals surface area contributed by atoms with Gasteiger partial charge in [-0.05, 0) is 42.2 Å². The van der Waals surface area contributed by atoms with E-state index in [4.69, 9.17) is 0 Å². The molecule has 0 saturated heterocycles. The minimum atomic E-state index is -0.124. The second-order valence-electron chi connectivity index (χ2n) is 5.73. The zero-order valence-electron chi connectivity index (χ0n) is 11.4. The Hall–Kier alpha value is -1.61. The third-order valence-corrected chi connectivity index (χ3v) is 5.06. The van der Waals surface area contributed by atoms with Crippen molar-refractivity contribution in [2.24, 2.45) is 5.92 Å². The third-order valence-electron chi connectivity index (χ3n) is 4.57. The van der Waals surface area contributed by atoms with E-state index >= 15 is 0 Å². The van der Waals surface area contributed by atoms with Crippen molar-refractivity contribution in [3.05, 3.63) is 76.0 Å². The van der Waals surface area contributed by atoms with Crippen LogP contribution >= 0.6 is 15.9 Å². The van der Waals surface area contributed by atoms with Crippen LogP contribution in [0, 0.1) is 11.7 Å². The highest BCUT2D eigenvalue weighted by Gasteiger charge is 2.38. The molecule has 0 aromatic heterocycles. The van der Waals surface area contributed by atoms with Gasteiger partial charge in [0.05, 0.1) is 6.04 Å². The summed E-state index contributed by atoms with van der Waals surface area (Å²) in [6, 6.07) is 13.4. The average Bonchev–Trinajstić information content (AvgIpc) is 2.97. The second-order valence-corrected chi connectivity index (χ2v) is 6.64. The molecule has 1 aliphatic carbocycles. The summed E-state index contributed by atoms with van der Waals surface area (Å²) in [7, 11) is 0. The van der Waals surface area contributed by atoms with Crippen molar-refractivity contribution in [2.45, 2.75) is 18.4 Å². The number of halogens is 2. The quantitative estimate of drug-likeness (QED) is 0.682. The molecule has 0 amide bonds. The van der Waals surface area contributed by atoms with Gasteiger partial charge < -0.3 is 5.32 Å². The number of fused-ring (bicyclic) bond motifs is 3. The van der Waals surface area contributed by atoms with Crippen LogP contribution in [0.5, 0.6) is 0 Å². The van der Waals surface area contributed by atoms with Crippen LogP contribution in [0.1, 0.15) is 29.5 Å². The van der Waals surface area contributed by atoms with Crippen LogP contribution in [0.3, 0.4) is 0 Å². The third kappa shape index (κ3) is 2.11. The van der Waals surface area contributed by atoms with E-state index in [0.717, 1.165) is 22.1 Å². The van der Waals surface area contributed by atoms with Crippen LogP contribution in [0.15, 0.2) is 59.1 Å². The smallest absolute Gasteiger partial charge is 0.128 e. The van der Waals surface area contributed by atoms with Crippen LogP contribution in [0.4, 0.5) is 10.1 Å². The highest BCUT2D eigenvalue weighted by atomic mass is 79.9. The van der Waals surface area contributed by atoms with E-state index in [1.807, 2.05) is 18.2 Å². The number of nitrogens with one attached hydrogen (secondary N) is 1. The molecule has 2 aromatic rings. The lowest BCUT2D eigenvalue weighted by Gasteiger charge is -2.37. The van der Waals surface area contributed by atoms with Crippen LogP contribution in [-0.4, -0.2) is 0 Å². The fraction of sp³-hybridized carbons (Fsp3) is 0.222. The number of anilines is 1. The summed E-state index contributed by atoms with van der Waals surface area (Å²) in [6.07, 6.45) is 5.48. The van der Waals surface area contributed by atoms with Crippen molar-refractivity contribution in [1.29, 1.82) is 0 Å². The average molecular weight is 344 g/mol. The summed E-state index contributed by atoms with van der Waals surface area (Å²) in [5, 5.41) is 3.55. The van der Waals surface area contributed by atoms with Gasteiger partial charge >= 0.3 is 0 Å². The molecule has 1 heterocycles. The Balaban J connectivity index is 1.82. The van der Waals surface area contributed by atoms with Crippen LogP contribution in [0.25, 0.3) is 0 Å². The molecule has 0 unspecified atom stereocenters. The molecule has 1 N–H and O–H groups in total. The van der Waals surface area contributed by atoms with Gasteiger partial charge in [0.1, 0.15) is 5.82 Å². The molecule has 2 aromatic carbocycles. The number of benzene rings is 2. The van der Waals surface area contributed by atoms with Crippen molar-refractivity contribution in [1.82, 2.24) is 0 Å². The maximum atomic E-state index is 14.2. The summed E-state index contributed by atoms with van der Waals surface area (Å²) >= 11 is 3.55. The Labute approximate surface area is 132 Å². The molecule has 3 heteroatoms. The Morgan fingerprint density at radius 3 is 2.81 bits per heavy atom. The molecule has 1 aliphatic heterocycles. The van der Waals surface area contributed by atoms with Gasteiger partial charge in [-0.15, -0.1) is 0 Å². The Bertz CT molecular complexity index is 725. The monoisotopic (exact) mass is 343 g/mol. The number of allylic oxidation sites excluding steroid dienone is 2. The van der Waals surface area contributed by atoms with Gasteiger partial charge in [-0.2, -0.15) is 0 Å². The molecule has 0 bridgehead atoms. The molecular formula is C18H15BrFN. The fourth-order valence-corrected chi connectivity index (χ4v) is 3.98. The molecule has 0 spiro atoms. The van der Waals surface area contributed by atoms with E-state index < -0.39 is 0 Å². The second kappa shape index (κ2) is 4.99. The van der Waals surface area contributed by atoms with Crippen molar-refractivity contribution in [2.75, 3.05) is 5.32 Å². The zero-order chi connectivity index (χ0) is 14.4. The summed E-state index contributed by atoms with van der Waals surface area (Å²) in [6.45, 7) is 0. The standard InChI is InChI=1S/C18H15BrFN/c19-11-8-9-17-15(10-11)12-5-3-6-13(12)18(21-17)14-4-1-2-7-16(14)20/h1-5,7-10,12-13,18,21H,6H2/t12-,13-,18+/m0/s1. The highest BCUT2D eigenvalue weighted by molar-refractivity contribution is 9.10. The maximum Gasteiger partial charge on any atom is 0.128 e. The maximum absolute atomic E-state index is 14.2. The van der Waals surface area contributed by atoms with Gasteiger partial charge in [-0.25, -0.2) is 4.39 Å². The van der Waals surface area contributed by atoms with E-state index in [1.54, 1.807) is 12.1 Å². The summed E-state index contributed by atoms with van der Waals surface area (Å²) in [5.41, 5.74) is 3.18. The summed E-state index contributed by atoms with van der Waals surface area (Å²) < 4.78 is 15.3. The van der Waals surface area contributed by atoms with E-state index in [0.29, 0.717) is 11.8 Å². The molecule has 0 saturated carbocycles. The van der Waals surface area contributed by atoms with Crippen LogP contribution in [-0.2, 0) is 0 Å². The van der Waals surface area contributed by atoms with Crippen LogP contribution < -0.4 is 5.32 Å². The van der Waals surface area contributed by atoms with Crippen molar-refractivity contribution in [3.8, 4) is 0 Å². The van der Waals surface area contributed by atoms with Gasteiger partial charge in [0, 0.05) is 21.6 Å². The van der Waals surface area contributed by atoms with E-state index in [9.17, 15) is 4.39 Å². The lowest BCUT2D eigenvalue weighted by molar-refractivity contribution is 0.413. The Morgan fingerprint density at radius 2 is 1.95 bits per heavy atom. The largest absolute Gasteiger partial charge is 0.378 e. The summed E-state index contributed by atoms with van der Waals surface area (Å²) in [5.74, 6) is 0.619. The minimum Gasteiger partial charge on any atom is -0.378 e. The van der Waals surface area contributed by atoms with E-state index in [-0.39, 0.29) is 11.9 Å². The molecule has 1 nitrogen and oxygen atoms in total. The zero-order valence-corrected chi connectivity index (χ0v) is 13.0. The first-order chi connectivity index (χ1) is 10.2. The lowest BCUT2D eigenvalue weighted by Crippen LogP contribution is -2.29. The first-order valence-electron chi connectivity index (χ1n) is 7.21. The van der Waals surface area contributed by atoms with E-state index in [2.05, 4.69) is 45.5 Å². The first-order valence-corrected chi connectivity index (χ1v) is 8.00. The predicted molar refractivity (Wildman–Crippen MR) is 86.9 cm³/mol. The Morgan fingerprint density at radius 1 is 1.10 bits per heavy atom. The SMILES string of the molecule is Fc1ccccc1[C@@H]1Nc2ccc(Br)cc2[C@H]2C=CC[C@@H]21. The molecule has 0 fully saturated rings. The first kappa shape index (κ1) is 13.1. The van der Waals surface area contributed by atoms with Crippen molar-refractivity contribution in [3.63, 3.8) is 0 Å². The predicted octanol–water partition coefficient (Wildman–Crippen LogP) is 5.41. The molecular weight excluding hydrogens is 329 g/mol.